The molecule has 1 saturated heterocycles. The van der Waals surface area contributed by atoms with Crippen LogP contribution in [-0.2, 0) is 17.7 Å². The maximum Gasteiger partial charge on any atom is 0.264 e. The van der Waals surface area contributed by atoms with Crippen LogP contribution in [0.15, 0.2) is 22.3 Å². The van der Waals surface area contributed by atoms with Gasteiger partial charge < -0.3 is 14.5 Å². The normalized spacial score (nSPS) is 23.0. The van der Waals surface area contributed by atoms with Gasteiger partial charge in [0, 0.05) is 25.2 Å². The van der Waals surface area contributed by atoms with Crippen molar-refractivity contribution in [1.29, 1.82) is 0 Å². The molecule has 1 amide bonds. The molecule has 8 heteroatoms. The second-order valence-corrected chi connectivity index (χ2v) is 7.88. The minimum absolute atomic E-state index is 0.00268. The van der Waals surface area contributed by atoms with Crippen LogP contribution in [0.3, 0.4) is 0 Å². The highest BCUT2D eigenvalue weighted by atomic mass is 32.1. The number of anilines is 1. The van der Waals surface area contributed by atoms with Gasteiger partial charge in [-0.1, -0.05) is 6.07 Å². The van der Waals surface area contributed by atoms with E-state index in [0.29, 0.717) is 54.7 Å². The second-order valence-electron chi connectivity index (χ2n) is 6.93. The minimum Gasteiger partial charge on any atom is -0.372 e. The van der Waals surface area contributed by atoms with Crippen molar-refractivity contribution in [1.82, 2.24) is 14.9 Å². The molecule has 0 radical (unpaired) electrons. The van der Waals surface area contributed by atoms with E-state index < -0.39 is 0 Å². The predicted octanol–water partition coefficient (Wildman–Crippen LogP) is 1.64. The first-order valence-corrected chi connectivity index (χ1v) is 9.74. The number of carbonyl (C=O) groups is 1. The Balaban J connectivity index is 1.60. The van der Waals surface area contributed by atoms with E-state index in [1.165, 1.54) is 11.3 Å². The maximum absolute atomic E-state index is 12.6. The summed E-state index contributed by atoms with van der Waals surface area (Å²) in [5.41, 5.74) is 1.30. The molecule has 138 valence electrons. The fourth-order valence-electron chi connectivity index (χ4n) is 3.66. The Morgan fingerprint density at radius 1 is 1.35 bits per heavy atom. The SMILES string of the molecule is C[C@H]1CN(c2nc3c(c(=O)[nH]2)CCN(C(=O)c2cccs2)C3)C[C@H](C)O1. The Hall–Kier alpha value is -2.19. The highest BCUT2D eigenvalue weighted by Crippen LogP contribution is 2.22. The summed E-state index contributed by atoms with van der Waals surface area (Å²) < 4.78 is 5.76. The smallest absolute Gasteiger partial charge is 0.264 e. The molecule has 26 heavy (non-hydrogen) atoms. The molecule has 7 nitrogen and oxygen atoms in total. The van der Waals surface area contributed by atoms with Gasteiger partial charge in [0.2, 0.25) is 5.95 Å². The number of amides is 1. The average molecular weight is 374 g/mol. The van der Waals surface area contributed by atoms with Crippen LogP contribution >= 0.6 is 11.3 Å². The Morgan fingerprint density at radius 3 is 2.81 bits per heavy atom. The van der Waals surface area contributed by atoms with Crippen molar-refractivity contribution < 1.29 is 9.53 Å². The predicted molar refractivity (Wildman–Crippen MR) is 99.8 cm³/mol. The van der Waals surface area contributed by atoms with Gasteiger partial charge >= 0.3 is 0 Å². The van der Waals surface area contributed by atoms with Crippen LogP contribution in [0.5, 0.6) is 0 Å². The number of H-pyrrole nitrogens is 1. The van der Waals surface area contributed by atoms with Gasteiger partial charge in [-0.15, -0.1) is 11.3 Å². The van der Waals surface area contributed by atoms with Gasteiger partial charge in [0.25, 0.3) is 11.5 Å². The van der Waals surface area contributed by atoms with Gasteiger partial charge in [-0.3, -0.25) is 14.6 Å². The Labute approximate surface area is 155 Å². The lowest BCUT2D eigenvalue weighted by Crippen LogP contribution is -2.47. The molecule has 2 aliphatic rings. The molecule has 0 spiro atoms. The third-order valence-electron chi connectivity index (χ3n) is 4.80. The van der Waals surface area contributed by atoms with E-state index in [9.17, 15) is 9.59 Å². The van der Waals surface area contributed by atoms with Gasteiger partial charge in [-0.25, -0.2) is 4.98 Å². The van der Waals surface area contributed by atoms with Crippen LogP contribution in [0.25, 0.3) is 0 Å². The molecule has 0 aromatic carbocycles. The van der Waals surface area contributed by atoms with Gasteiger partial charge in [-0.05, 0) is 31.7 Å². The summed E-state index contributed by atoms with van der Waals surface area (Å²) in [6.07, 6.45) is 0.694. The zero-order chi connectivity index (χ0) is 18.3. The molecule has 2 atom stereocenters. The molecular formula is C18H22N4O3S. The van der Waals surface area contributed by atoms with Crippen LogP contribution in [0.1, 0.15) is 34.8 Å². The van der Waals surface area contributed by atoms with Crippen LogP contribution in [0.2, 0.25) is 0 Å². The molecule has 4 heterocycles. The Bertz CT molecular complexity index is 854. The number of nitrogens with one attached hydrogen (secondary N) is 1. The number of ether oxygens (including phenoxy) is 1. The number of hydrogen-bond donors (Lipinski definition) is 1. The number of nitrogens with zero attached hydrogens (tertiary/aromatic N) is 3. The number of hydrogen-bond acceptors (Lipinski definition) is 6. The summed E-state index contributed by atoms with van der Waals surface area (Å²) >= 11 is 1.43. The largest absolute Gasteiger partial charge is 0.372 e. The molecule has 0 bridgehead atoms. The molecular weight excluding hydrogens is 352 g/mol. The fourth-order valence-corrected chi connectivity index (χ4v) is 4.35. The fraction of sp³-hybridized carbons (Fsp3) is 0.500. The third-order valence-corrected chi connectivity index (χ3v) is 5.66. The quantitative estimate of drug-likeness (QED) is 0.865. The first-order valence-electron chi connectivity index (χ1n) is 8.86. The molecule has 1 N–H and O–H groups in total. The summed E-state index contributed by atoms with van der Waals surface area (Å²) in [5, 5.41) is 1.90. The van der Waals surface area contributed by atoms with E-state index in [4.69, 9.17) is 9.72 Å². The van der Waals surface area contributed by atoms with Crippen LogP contribution < -0.4 is 10.5 Å². The van der Waals surface area contributed by atoms with Crippen molar-refractivity contribution >= 4 is 23.2 Å². The van der Waals surface area contributed by atoms with E-state index >= 15 is 0 Å². The van der Waals surface area contributed by atoms with Crippen LogP contribution in [0.4, 0.5) is 5.95 Å². The lowest BCUT2D eigenvalue weighted by Gasteiger charge is -2.36. The Morgan fingerprint density at radius 2 is 2.12 bits per heavy atom. The van der Waals surface area contributed by atoms with Crippen molar-refractivity contribution in [2.24, 2.45) is 0 Å². The number of morpholine rings is 1. The van der Waals surface area contributed by atoms with Crippen molar-refractivity contribution in [3.05, 3.63) is 44.0 Å². The number of fused-ring (bicyclic) bond motifs is 1. The monoisotopic (exact) mass is 374 g/mol. The number of aromatic nitrogens is 2. The molecule has 4 rings (SSSR count). The van der Waals surface area contributed by atoms with Crippen molar-refractivity contribution in [3.8, 4) is 0 Å². The van der Waals surface area contributed by atoms with Gasteiger partial charge in [0.15, 0.2) is 0 Å². The van der Waals surface area contributed by atoms with Crippen molar-refractivity contribution in [3.63, 3.8) is 0 Å². The number of carbonyl (C=O) groups excluding carboxylic acids is 1. The molecule has 2 aliphatic heterocycles. The zero-order valence-corrected chi connectivity index (χ0v) is 15.7. The maximum atomic E-state index is 12.6. The summed E-state index contributed by atoms with van der Waals surface area (Å²) in [6.45, 7) is 6.31. The molecule has 2 aromatic rings. The van der Waals surface area contributed by atoms with E-state index in [0.717, 1.165) is 0 Å². The lowest BCUT2D eigenvalue weighted by molar-refractivity contribution is -0.00575. The Kier molecular flexibility index (Phi) is 4.54. The number of rotatable bonds is 2. The molecule has 0 unspecified atom stereocenters. The van der Waals surface area contributed by atoms with E-state index in [1.807, 2.05) is 31.4 Å². The molecule has 1 fully saturated rings. The van der Waals surface area contributed by atoms with E-state index in [2.05, 4.69) is 9.88 Å². The third kappa shape index (κ3) is 3.26. The summed E-state index contributed by atoms with van der Waals surface area (Å²) in [6, 6.07) is 3.70. The minimum atomic E-state index is -0.0972. The van der Waals surface area contributed by atoms with Gasteiger partial charge in [-0.2, -0.15) is 0 Å². The number of thiophene rings is 1. The van der Waals surface area contributed by atoms with Gasteiger partial charge in [0.05, 0.1) is 29.3 Å². The van der Waals surface area contributed by atoms with Crippen molar-refractivity contribution in [2.75, 3.05) is 24.5 Å². The zero-order valence-electron chi connectivity index (χ0n) is 14.9. The first-order chi connectivity index (χ1) is 12.5. The second kappa shape index (κ2) is 6.85. The van der Waals surface area contributed by atoms with Crippen molar-refractivity contribution in [2.45, 2.75) is 39.0 Å². The summed E-state index contributed by atoms with van der Waals surface area (Å²) in [7, 11) is 0. The van der Waals surface area contributed by atoms with Gasteiger partial charge in [0.1, 0.15) is 0 Å². The summed E-state index contributed by atoms with van der Waals surface area (Å²) in [4.78, 5) is 37.3. The van der Waals surface area contributed by atoms with Crippen LogP contribution in [0, 0.1) is 0 Å². The topological polar surface area (TPSA) is 78.5 Å². The van der Waals surface area contributed by atoms with E-state index in [-0.39, 0.29) is 23.7 Å². The molecule has 0 aliphatic carbocycles. The molecule has 0 saturated carbocycles. The first kappa shape index (κ1) is 17.2. The number of aromatic amines is 1. The van der Waals surface area contributed by atoms with Crippen LogP contribution in [-0.4, -0.2) is 52.6 Å². The van der Waals surface area contributed by atoms with E-state index in [1.54, 1.807) is 4.90 Å². The summed E-state index contributed by atoms with van der Waals surface area (Å²) in [5.74, 6) is 0.573. The molecule has 2 aromatic heterocycles. The standard InChI is InChI=1S/C18H22N4O3S/c1-11-8-22(9-12(2)25-11)18-19-14-10-21(6-5-13(14)16(23)20-18)17(24)15-4-3-7-26-15/h3-4,7,11-12H,5-6,8-10H2,1-2H3,(H,19,20,23)/t11-,12-/m0/s1. The average Bonchev–Trinajstić information content (AvgIpc) is 3.14. The highest BCUT2D eigenvalue weighted by molar-refractivity contribution is 7.12. The highest BCUT2D eigenvalue weighted by Gasteiger charge is 2.28. The lowest BCUT2D eigenvalue weighted by atomic mass is 10.1.